The van der Waals surface area contributed by atoms with E-state index in [-0.39, 0.29) is 51.7 Å². The molecule has 200 valence electrons. The monoisotopic (exact) mass is 618 g/mol. The van der Waals surface area contributed by atoms with Crippen molar-refractivity contribution in [3.8, 4) is 11.5 Å². The Hall–Kier alpha value is -2.19. The number of halogens is 1. The molecule has 0 fully saturated rings. The van der Waals surface area contributed by atoms with E-state index < -0.39 is 24.2 Å². The number of amides is 2. The Labute approximate surface area is 225 Å². The van der Waals surface area contributed by atoms with E-state index in [9.17, 15) is 19.8 Å². The molecule has 1 aliphatic rings. The van der Waals surface area contributed by atoms with E-state index in [2.05, 4.69) is 11.9 Å². The number of hydrogen-bond acceptors (Lipinski definition) is 8. The van der Waals surface area contributed by atoms with Gasteiger partial charge in [0.1, 0.15) is 12.2 Å². The number of rotatable bonds is 14. The first-order valence-corrected chi connectivity index (χ1v) is 12.7. The van der Waals surface area contributed by atoms with E-state index in [0.29, 0.717) is 32.6 Å². The summed E-state index contributed by atoms with van der Waals surface area (Å²) in [6.07, 6.45) is 1.79. The summed E-state index contributed by atoms with van der Waals surface area (Å²) in [4.78, 5) is 27.4. The van der Waals surface area contributed by atoms with Gasteiger partial charge in [-0.25, -0.2) is 0 Å². The SMILES string of the molecule is C=CCCC(=O)N(CCOC)[C@@H]1CC(C(=O)NCCO)=C[C@H](Oc2c(I)cc(CO)cc2OC)[C@H]1O. The van der Waals surface area contributed by atoms with Crippen molar-refractivity contribution in [3.05, 3.63) is 45.6 Å². The summed E-state index contributed by atoms with van der Waals surface area (Å²) >= 11 is 2.05. The fourth-order valence-electron chi connectivity index (χ4n) is 3.93. The zero-order valence-corrected chi connectivity index (χ0v) is 22.8. The van der Waals surface area contributed by atoms with Gasteiger partial charge in [0.15, 0.2) is 11.5 Å². The molecular formula is C25H35IN2O8. The van der Waals surface area contributed by atoms with Crippen LogP contribution in [0, 0.1) is 3.57 Å². The minimum atomic E-state index is -1.16. The lowest BCUT2D eigenvalue weighted by Crippen LogP contribution is -2.55. The van der Waals surface area contributed by atoms with Gasteiger partial charge in [-0.1, -0.05) is 6.08 Å². The summed E-state index contributed by atoms with van der Waals surface area (Å²) in [5.41, 5.74) is 0.951. The molecular weight excluding hydrogens is 583 g/mol. The van der Waals surface area contributed by atoms with Gasteiger partial charge >= 0.3 is 0 Å². The van der Waals surface area contributed by atoms with Crippen LogP contribution >= 0.6 is 22.6 Å². The van der Waals surface area contributed by atoms with Gasteiger partial charge in [-0.3, -0.25) is 9.59 Å². The highest BCUT2D eigenvalue weighted by molar-refractivity contribution is 14.1. The first kappa shape index (κ1) is 30.0. The van der Waals surface area contributed by atoms with Crippen LogP contribution in [-0.2, 0) is 20.9 Å². The van der Waals surface area contributed by atoms with Crippen molar-refractivity contribution in [1.82, 2.24) is 10.2 Å². The summed E-state index contributed by atoms with van der Waals surface area (Å²) in [6.45, 7) is 3.79. The lowest BCUT2D eigenvalue weighted by Gasteiger charge is -2.40. The van der Waals surface area contributed by atoms with Crippen LogP contribution in [0.5, 0.6) is 11.5 Å². The lowest BCUT2D eigenvalue weighted by atomic mass is 9.88. The van der Waals surface area contributed by atoms with Crippen molar-refractivity contribution in [2.45, 2.75) is 44.1 Å². The first-order chi connectivity index (χ1) is 17.3. The van der Waals surface area contributed by atoms with E-state index in [1.54, 1.807) is 18.2 Å². The molecule has 1 aromatic carbocycles. The molecule has 4 N–H and O–H groups in total. The minimum Gasteiger partial charge on any atom is -0.493 e. The molecule has 0 heterocycles. The van der Waals surface area contributed by atoms with E-state index in [4.69, 9.17) is 19.3 Å². The number of nitrogens with one attached hydrogen (secondary N) is 1. The maximum absolute atomic E-state index is 13.1. The maximum Gasteiger partial charge on any atom is 0.247 e. The number of allylic oxidation sites excluding steroid dienone is 1. The predicted molar refractivity (Wildman–Crippen MR) is 142 cm³/mol. The van der Waals surface area contributed by atoms with E-state index in [0.717, 1.165) is 0 Å². The maximum atomic E-state index is 13.1. The largest absolute Gasteiger partial charge is 0.493 e. The highest BCUT2D eigenvalue weighted by Crippen LogP contribution is 2.37. The number of benzene rings is 1. The molecule has 36 heavy (non-hydrogen) atoms. The van der Waals surface area contributed by atoms with Crippen molar-refractivity contribution in [2.24, 2.45) is 0 Å². The van der Waals surface area contributed by atoms with Gasteiger partial charge in [0, 0.05) is 38.6 Å². The summed E-state index contributed by atoms with van der Waals surface area (Å²) in [7, 11) is 2.99. The third kappa shape index (κ3) is 7.90. The van der Waals surface area contributed by atoms with E-state index >= 15 is 0 Å². The van der Waals surface area contributed by atoms with Crippen LogP contribution in [0.15, 0.2) is 36.4 Å². The first-order valence-electron chi connectivity index (χ1n) is 11.6. The van der Waals surface area contributed by atoms with Crippen LogP contribution in [0.4, 0.5) is 0 Å². The molecule has 11 heteroatoms. The Balaban J connectivity index is 2.47. The van der Waals surface area contributed by atoms with Crippen molar-refractivity contribution in [3.63, 3.8) is 0 Å². The molecule has 0 unspecified atom stereocenters. The Morgan fingerprint density at radius 3 is 2.67 bits per heavy atom. The number of aliphatic hydroxyl groups excluding tert-OH is 3. The van der Waals surface area contributed by atoms with Crippen molar-refractivity contribution >= 4 is 34.4 Å². The second-order valence-corrected chi connectivity index (χ2v) is 9.35. The van der Waals surface area contributed by atoms with Crippen molar-refractivity contribution in [2.75, 3.05) is 40.5 Å². The number of methoxy groups -OCH3 is 2. The van der Waals surface area contributed by atoms with Gasteiger partial charge in [-0.15, -0.1) is 6.58 Å². The van der Waals surface area contributed by atoms with Gasteiger partial charge in [-0.2, -0.15) is 0 Å². The van der Waals surface area contributed by atoms with Gasteiger partial charge in [0.2, 0.25) is 11.8 Å². The van der Waals surface area contributed by atoms with Crippen LogP contribution in [0.25, 0.3) is 0 Å². The molecule has 0 spiro atoms. The van der Waals surface area contributed by atoms with Crippen LogP contribution in [0.2, 0.25) is 0 Å². The fourth-order valence-corrected chi connectivity index (χ4v) is 4.72. The number of carbonyl (C=O) groups excluding carboxylic acids is 2. The Morgan fingerprint density at radius 1 is 1.31 bits per heavy atom. The standard InChI is InChI=1S/C25H35IN2O8/c1-4-5-6-22(31)28(8-10-34-2)19-13-17(25(33)27-7-9-29)14-20(23(19)32)36-24-18(26)11-16(15-30)12-21(24)35-3/h4,11-12,14,19-20,23,29-30,32H,1,5-10,13,15H2,2-3H3,(H,27,33)/t19-,20+,23+/m1/s1. The van der Waals surface area contributed by atoms with E-state index in [1.165, 1.54) is 25.2 Å². The molecule has 2 amide bonds. The average Bonchev–Trinajstić information content (AvgIpc) is 2.88. The van der Waals surface area contributed by atoms with Crippen LogP contribution < -0.4 is 14.8 Å². The highest BCUT2D eigenvalue weighted by Gasteiger charge is 2.40. The highest BCUT2D eigenvalue weighted by atomic mass is 127. The molecule has 0 saturated carbocycles. The van der Waals surface area contributed by atoms with Gasteiger partial charge in [-0.05, 0) is 52.8 Å². The molecule has 0 bridgehead atoms. The molecule has 0 radical (unpaired) electrons. The van der Waals surface area contributed by atoms with Crippen molar-refractivity contribution in [1.29, 1.82) is 0 Å². The van der Waals surface area contributed by atoms with Crippen LogP contribution in [0.3, 0.4) is 0 Å². The normalized spacial score (nSPS) is 19.3. The fraction of sp³-hybridized carbons (Fsp3) is 0.520. The summed E-state index contributed by atoms with van der Waals surface area (Å²) in [5.74, 6) is 0.0781. The molecule has 3 atom stereocenters. The Kier molecular flexibility index (Phi) is 12.6. The van der Waals surface area contributed by atoms with Crippen molar-refractivity contribution < 1.29 is 39.1 Å². The number of ether oxygens (including phenoxy) is 3. The molecule has 1 aromatic rings. The molecule has 0 aromatic heterocycles. The second-order valence-electron chi connectivity index (χ2n) is 8.19. The van der Waals surface area contributed by atoms with Crippen LogP contribution in [0.1, 0.15) is 24.8 Å². The smallest absolute Gasteiger partial charge is 0.247 e. The Bertz CT molecular complexity index is 939. The summed E-state index contributed by atoms with van der Waals surface area (Å²) < 4.78 is 17.5. The number of carbonyl (C=O) groups is 2. The Morgan fingerprint density at radius 2 is 2.06 bits per heavy atom. The van der Waals surface area contributed by atoms with Crippen LogP contribution in [-0.4, -0.2) is 90.8 Å². The number of aliphatic hydroxyl groups is 3. The zero-order valence-electron chi connectivity index (χ0n) is 20.6. The topological polar surface area (TPSA) is 138 Å². The average molecular weight is 618 g/mol. The molecule has 2 rings (SSSR count). The molecule has 0 saturated heterocycles. The quantitative estimate of drug-likeness (QED) is 0.180. The summed E-state index contributed by atoms with van der Waals surface area (Å²) in [6, 6.07) is 2.60. The predicted octanol–water partition coefficient (Wildman–Crippen LogP) is 1.15. The van der Waals surface area contributed by atoms with Gasteiger partial charge in [0.05, 0.1) is 36.5 Å². The third-order valence-corrected chi connectivity index (χ3v) is 6.56. The molecule has 1 aliphatic carbocycles. The summed E-state index contributed by atoms with van der Waals surface area (Å²) in [5, 5.41) is 32.6. The van der Waals surface area contributed by atoms with E-state index in [1.807, 2.05) is 22.6 Å². The number of hydrogen-bond donors (Lipinski definition) is 4. The van der Waals surface area contributed by atoms with Gasteiger partial charge < -0.3 is 39.7 Å². The minimum absolute atomic E-state index is 0.0644. The second kappa shape index (κ2) is 15.2. The molecule has 0 aliphatic heterocycles. The van der Waals surface area contributed by atoms with Gasteiger partial charge in [0.25, 0.3) is 0 Å². The lowest BCUT2D eigenvalue weighted by molar-refractivity contribution is -0.139. The third-order valence-electron chi connectivity index (χ3n) is 5.76. The number of nitrogens with zero attached hydrogens (tertiary/aromatic N) is 1. The zero-order chi connectivity index (χ0) is 26.7. The molecule has 10 nitrogen and oxygen atoms in total.